The number of esters is 1. The molecule has 4 heterocycles. The number of nitrogens with one attached hydrogen (secondary N) is 2. The Morgan fingerprint density at radius 1 is 1.32 bits per heavy atom. The lowest BCUT2D eigenvalue weighted by Crippen LogP contribution is -2.71. The lowest BCUT2D eigenvalue weighted by atomic mass is 10.0. The molecule has 1 saturated heterocycles. The lowest BCUT2D eigenvalue weighted by Gasteiger charge is -2.49. The highest BCUT2D eigenvalue weighted by Crippen LogP contribution is 2.41. The summed E-state index contributed by atoms with van der Waals surface area (Å²) < 4.78 is 5.82. The molecule has 15 nitrogen and oxygen atoms in total. The summed E-state index contributed by atoms with van der Waals surface area (Å²) in [5, 5.41) is 27.2. The minimum Gasteiger partial charge on any atom is -0.477 e. The Hall–Kier alpha value is -3.55. The molecule has 41 heavy (non-hydrogen) atoms. The Balaban J connectivity index is 1.48. The molecule has 0 aromatic carbocycles. The van der Waals surface area contributed by atoms with E-state index < -0.39 is 47.4 Å². The first-order chi connectivity index (χ1) is 19.5. The Bertz CT molecular complexity index is 1400. The molecule has 0 saturated carbocycles. The number of carbonyl (C=O) groups is 5. The number of anilines is 1. The molecular weight excluding hydrogens is 619 g/mol. The van der Waals surface area contributed by atoms with E-state index in [9.17, 15) is 29.1 Å². The van der Waals surface area contributed by atoms with Gasteiger partial charge in [-0.05, 0) is 26.3 Å². The number of ether oxygens (including phenoxy) is 1. The first kappa shape index (κ1) is 30.4. The standard InChI is InChI=1S/C22H23N7O8S4/c1-22(2,3)37-12(31)4-36-28-13(11-7-39-20(25-11)23-8-30)16(32)26-14-17(33)29-15(19(34)35)10(5-38-18(14)29)6-40-21-27-24-9-41-21/h7-9,14,18H,4-6H2,1-3H3,(H,26,32)(H,34,35)(H,23,25,30)/b28-13-/t14?,18-/m1/s1. The van der Waals surface area contributed by atoms with Crippen LogP contribution >= 0.6 is 46.2 Å². The van der Waals surface area contributed by atoms with Crippen molar-refractivity contribution in [2.24, 2.45) is 5.16 Å². The fourth-order valence-electron chi connectivity index (χ4n) is 3.60. The highest BCUT2D eigenvalue weighted by Gasteiger charge is 2.54. The number of oxime groups is 1. The summed E-state index contributed by atoms with van der Waals surface area (Å²) in [6.45, 7) is 4.43. The van der Waals surface area contributed by atoms with Crippen molar-refractivity contribution in [3.8, 4) is 0 Å². The molecule has 0 radical (unpaired) electrons. The van der Waals surface area contributed by atoms with E-state index in [0.29, 0.717) is 27.8 Å². The minimum absolute atomic E-state index is 0.0167. The number of rotatable bonds is 12. The highest BCUT2D eigenvalue weighted by atomic mass is 32.2. The monoisotopic (exact) mass is 641 g/mol. The normalized spacial score (nSPS) is 18.8. The topological polar surface area (TPSA) is 202 Å². The number of aliphatic carboxylic acids is 1. The number of hydrogen-bond acceptors (Lipinski definition) is 15. The summed E-state index contributed by atoms with van der Waals surface area (Å²) in [4.78, 5) is 71.6. The van der Waals surface area contributed by atoms with Gasteiger partial charge in [-0.25, -0.2) is 14.6 Å². The van der Waals surface area contributed by atoms with Crippen molar-refractivity contribution < 1.29 is 38.7 Å². The summed E-state index contributed by atoms with van der Waals surface area (Å²) >= 11 is 4.96. The quantitative estimate of drug-likeness (QED) is 0.0745. The molecule has 2 aliphatic heterocycles. The first-order valence-electron chi connectivity index (χ1n) is 11.7. The molecule has 4 rings (SSSR count). The van der Waals surface area contributed by atoms with Gasteiger partial charge in [-0.3, -0.25) is 19.3 Å². The number of aromatic nitrogens is 3. The second-order valence-corrected chi connectivity index (χ2v) is 13.2. The fraction of sp³-hybridized carbons (Fsp3) is 0.409. The molecule has 3 amide bonds. The van der Waals surface area contributed by atoms with Gasteiger partial charge in [0, 0.05) is 16.9 Å². The number of thioether (sulfide) groups is 2. The molecule has 0 aliphatic carbocycles. The molecule has 2 aromatic heterocycles. The van der Waals surface area contributed by atoms with Crippen LogP contribution < -0.4 is 10.6 Å². The van der Waals surface area contributed by atoms with Gasteiger partial charge in [-0.15, -0.1) is 33.3 Å². The largest absolute Gasteiger partial charge is 0.477 e. The number of thiazole rings is 1. The predicted molar refractivity (Wildman–Crippen MR) is 150 cm³/mol. The molecular formula is C22H23N7O8S4. The summed E-state index contributed by atoms with van der Waals surface area (Å²) in [7, 11) is 0. The molecule has 2 atom stereocenters. The Morgan fingerprint density at radius 3 is 2.76 bits per heavy atom. The Morgan fingerprint density at radius 2 is 2.10 bits per heavy atom. The molecule has 19 heteroatoms. The first-order valence-corrected chi connectivity index (χ1v) is 15.5. The van der Waals surface area contributed by atoms with Gasteiger partial charge in [0.25, 0.3) is 11.8 Å². The lowest BCUT2D eigenvalue weighted by molar-refractivity contribution is -0.160. The summed E-state index contributed by atoms with van der Waals surface area (Å²) in [5.74, 6) is -2.81. The van der Waals surface area contributed by atoms with E-state index in [1.165, 1.54) is 40.2 Å². The van der Waals surface area contributed by atoms with Crippen LogP contribution in [0.15, 0.2) is 31.7 Å². The zero-order valence-electron chi connectivity index (χ0n) is 21.7. The molecule has 0 bridgehead atoms. The third kappa shape index (κ3) is 7.40. The van der Waals surface area contributed by atoms with Crippen molar-refractivity contribution >= 4 is 87.2 Å². The van der Waals surface area contributed by atoms with Crippen LogP contribution in [0.3, 0.4) is 0 Å². The average molecular weight is 642 g/mol. The van der Waals surface area contributed by atoms with Crippen molar-refractivity contribution in [2.45, 2.75) is 42.1 Å². The van der Waals surface area contributed by atoms with Gasteiger partial charge in [-0.2, -0.15) is 0 Å². The maximum atomic E-state index is 13.3. The van der Waals surface area contributed by atoms with Gasteiger partial charge >= 0.3 is 11.9 Å². The molecule has 218 valence electrons. The number of hydrogen-bond donors (Lipinski definition) is 3. The van der Waals surface area contributed by atoms with Gasteiger partial charge in [0.2, 0.25) is 13.0 Å². The van der Waals surface area contributed by atoms with Crippen molar-refractivity contribution in [3.63, 3.8) is 0 Å². The molecule has 3 N–H and O–H groups in total. The van der Waals surface area contributed by atoms with Crippen LogP contribution in [0, 0.1) is 0 Å². The molecule has 1 fully saturated rings. The average Bonchev–Trinajstić information content (AvgIpc) is 3.59. The third-order valence-electron chi connectivity index (χ3n) is 5.15. The number of fused-ring (bicyclic) bond motifs is 1. The second kappa shape index (κ2) is 13.0. The SMILES string of the molecule is CC(C)(C)OC(=O)CO/N=C(\C(=O)NC1C(=O)N2C(C(=O)O)=C(CSc3nncs3)CS[C@H]12)c1csc(NC=O)n1. The van der Waals surface area contributed by atoms with Crippen LogP contribution in [0.25, 0.3) is 0 Å². The number of nitrogens with zero attached hydrogens (tertiary/aromatic N) is 5. The molecule has 0 spiro atoms. The number of carbonyl (C=O) groups excluding carboxylic acids is 4. The zero-order chi connectivity index (χ0) is 29.7. The number of β-lactam (4-membered cyclic amide) rings is 1. The molecule has 2 aliphatic rings. The third-order valence-corrected chi connectivity index (χ3v) is 9.21. The second-order valence-electron chi connectivity index (χ2n) is 9.21. The summed E-state index contributed by atoms with van der Waals surface area (Å²) in [5.41, 5.74) is 0.885. The Labute approximate surface area is 249 Å². The van der Waals surface area contributed by atoms with Gasteiger partial charge in [0.1, 0.15) is 33.9 Å². The number of amides is 3. The zero-order valence-corrected chi connectivity index (χ0v) is 24.9. The van der Waals surface area contributed by atoms with E-state index in [1.54, 1.807) is 26.3 Å². The molecule has 2 aromatic rings. The van der Waals surface area contributed by atoms with Crippen LogP contribution in [-0.2, 0) is 33.5 Å². The predicted octanol–water partition coefficient (Wildman–Crippen LogP) is 1.16. The Kier molecular flexibility index (Phi) is 9.61. The van der Waals surface area contributed by atoms with Gasteiger partial charge in [0.05, 0.1) is 0 Å². The maximum Gasteiger partial charge on any atom is 0.352 e. The van der Waals surface area contributed by atoms with Crippen molar-refractivity contribution in [1.82, 2.24) is 25.4 Å². The van der Waals surface area contributed by atoms with Crippen LogP contribution in [-0.4, -0.2) is 96.2 Å². The van der Waals surface area contributed by atoms with Crippen LogP contribution in [0.4, 0.5) is 5.13 Å². The van der Waals surface area contributed by atoms with Gasteiger partial charge in [0.15, 0.2) is 15.2 Å². The van der Waals surface area contributed by atoms with E-state index >= 15 is 0 Å². The van der Waals surface area contributed by atoms with Gasteiger partial charge < -0.3 is 25.3 Å². The maximum absolute atomic E-state index is 13.3. The van der Waals surface area contributed by atoms with E-state index in [-0.39, 0.29) is 22.2 Å². The van der Waals surface area contributed by atoms with E-state index in [4.69, 9.17) is 9.57 Å². The molecule has 1 unspecified atom stereocenters. The number of carboxylic acid groups (broad SMARTS) is 1. The van der Waals surface area contributed by atoms with Crippen molar-refractivity contribution in [3.05, 3.63) is 27.9 Å². The fourth-order valence-corrected chi connectivity index (χ4v) is 7.23. The van der Waals surface area contributed by atoms with Crippen LogP contribution in [0.5, 0.6) is 0 Å². The summed E-state index contributed by atoms with van der Waals surface area (Å²) in [6, 6.07) is -1.05. The smallest absolute Gasteiger partial charge is 0.352 e. The summed E-state index contributed by atoms with van der Waals surface area (Å²) in [6.07, 6.45) is 0.411. The van der Waals surface area contributed by atoms with Crippen molar-refractivity contribution in [2.75, 3.05) is 23.4 Å². The van der Waals surface area contributed by atoms with Crippen molar-refractivity contribution in [1.29, 1.82) is 0 Å². The van der Waals surface area contributed by atoms with Crippen LogP contribution in [0.2, 0.25) is 0 Å². The highest BCUT2D eigenvalue weighted by molar-refractivity contribution is 8.01. The van der Waals surface area contributed by atoms with E-state index in [0.717, 1.165) is 16.2 Å². The van der Waals surface area contributed by atoms with Gasteiger partial charge in [-0.1, -0.05) is 28.3 Å². The van der Waals surface area contributed by atoms with E-state index in [1.807, 2.05) is 0 Å². The number of carboxylic acids is 1. The minimum atomic E-state index is -1.25. The van der Waals surface area contributed by atoms with E-state index in [2.05, 4.69) is 31.0 Å². The van der Waals surface area contributed by atoms with Crippen LogP contribution in [0.1, 0.15) is 26.5 Å².